The van der Waals surface area contributed by atoms with E-state index >= 15 is 0 Å². The van der Waals surface area contributed by atoms with Gasteiger partial charge in [0.05, 0.1) is 44.3 Å². The summed E-state index contributed by atoms with van der Waals surface area (Å²) >= 11 is 0. The Hall–Kier alpha value is -2.86. The molecule has 0 radical (unpaired) electrons. The molecule has 1 fully saturated rings. The topological polar surface area (TPSA) is 60.9 Å². The van der Waals surface area contributed by atoms with Crippen molar-refractivity contribution in [3.63, 3.8) is 0 Å². The highest BCUT2D eigenvalue weighted by molar-refractivity contribution is 5.73. The quantitative estimate of drug-likeness (QED) is 0.831. The number of ether oxygens (including phenoxy) is 3. The zero-order chi connectivity index (χ0) is 18.6. The van der Waals surface area contributed by atoms with Gasteiger partial charge in [-0.25, -0.2) is 4.79 Å². The molecule has 2 aliphatic rings. The van der Waals surface area contributed by atoms with Crippen LogP contribution in [0.15, 0.2) is 54.7 Å². The predicted molar refractivity (Wildman–Crippen MR) is 100 cm³/mol. The number of carbonyl (C=O) groups is 1. The van der Waals surface area contributed by atoms with Crippen molar-refractivity contribution in [2.45, 2.75) is 25.1 Å². The molecule has 2 aromatic rings. The Morgan fingerprint density at radius 3 is 2.78 bits per heavy atom. The van der Waals surface area contributed by atoms with Crippen molar-refractivity contribution in [3.8, 4) is 5.75 Å². The van der Waals surface area contributed by atoms with E-state index in [0.29, 0.717) is 19.6 Å². The Bertz CT molecular complexity index is 820. The highest BCUT2D eigenvalue weighted by Crippen LogP contribution is 2.32. The first kappa shape index (κ1) is 17.5. The fraction of sp³-hybridized carbons (Fsp3) is 0.333. The van der Waals surface area contributed by atoms with E-state index in [1.54, 1.807) is 18.2 Å². The highest BCUT2D eigenvalue weighted by Gasteiger charge is 2.39. The van der Waals surface area contributed by atoms with Crippen LogP contribution in [0.3, 0.4) is 0 Å². The summed E-state index contributed by atoms with van der Waals surface area (Å²) in [6.07, 6.45) is 4.17. The number of fused-ring (bicyclic) bond motifs is 2. The molecule has 2 bridgehead atoms. The number of carbonyl (C=O) groups excluding carboxylic acids is 1. The first-order chi connectivity index (χ1) is 13.2. The summed E-state index contributed by atoms with van der Waals surface area (Å²) in [4.78, 5) is 19.0. The summed E-state index contributed by atoms with van der Waals surface area (Å²) in [5, 5.41) is 0. The number of amides is 1. The molecule has 2 aliphatic heterocycles. The molecule has 1 aromatic carbocycles. The number of rotatable bonds is 4. The first-order valence-electron chi connectivity index (χ1n) is 9.02. The summed E-state index contributed by atoms with van der Waals surface area (Å²) in [5.41, 5.74) is 3.01. The number of nitrogens with zero attached hydrogens (tertiary/aromatic N) is 2. The minimum absolute atomic E-state index is 0.0454. The Labute approximate surface area is 158 Å². The normalized spacial score (nSPS) is 21.4. The number of aromatic nitrogens is 1. The van der Waals surface area contributed by atoms with Crippen LogP contribution in [0.2, 0.25) is 0 Å². The van der Waals surface area contributed by atoms with Crippen LogP contribution in [0.25, 0.3) is 5.57 Å². The summed E-state index contributed by atoms with van der Waals surface area (Å²) in [7, 11) is 1.62. The Morgan fingerprint density at radius 2 is 2.07 bits per heavy atom. The number of benzene rings is 1. The van der Waals surface area contributed by atoms with Crippen LogP contribution in [0.4, 0.5) is 4.79 Å². The average molecular weight is 366 g/mol. The molecule has 3 heterocycles. The molecule has 1 amide bonds. The molecule has 0 spiro atoms. The van der Waals surface area contributed by atoms with Crippen molar-refractivity contribution < 1.29 is 19.0 Å². The first-order valence-corrected chi connectivity index (χ1v) is 9.02. The third-order valence-electron chi connectivity index (χ3n) is 4.92. The largest absolute Gasteiger partial charge is 0.495 e. The van der Waals surface area contributed by atoms with Crippen LogP contribution >= 0.6 is 0 Å². The molecule has 2 atom stereocenters. The van der Waals surface area contributed by atoms with Crippen molar-refractivity contribution in [2.75, 3.05) is 20.3 Å². The molecule has 6 heteroatoms. The second kappa shape index (κ2) is 7.80. The van der Waals surface area contributed by atoms with Crippen LogP contribution in [0.5, 0.6) is 5.75 Å². The zero-order valence-corrected chi connectivity index (χ0v) is 15.2. The Morgan fingerprint density at radius 1 is 1.22 bits per heavy atom. The lowest BCUT2D eigenvalue weighted by atomic mass is 9.92. The van der Waals surface area contributed by atoms with Gasteiger partial charge in [-0.3, -0.25) is 9.88 Å². The van der Waals surface area contributed by atoms with E-state index in [4.69, 9.17) is 14.2 Å². The van der Waals surface area contributed by atoms with Crippen LogP contribution in [-0.2, 0) is 16.1 Å². The predicted octanol–water partition coefficient (Wildman–Crippen LogP) is 3.28. The van der Waals surface area contributed by atoms with Gasteiger partial charge >= 0.3 is 6.09 Å². The van der Waals surface area contributed by atoms with Gasteiger partial charge in [-0.1, -0.05) is 36.4 Å². The SMILES string of the molecule is COc1ccc(C2=CC3COCC(C2)N3C(=O)OCc2ccccc2)nc1. The van der Waals surface area contributed by atoms with E-state index in [1.165, 1.54) is 0 Å². The summed E-state index contributed by atoms with van der Waals surface area (Å²) in [6, 6.07) is 13.4. The maximum absolute atomic E-state index is 12.7. The van der Waals surface area contributed by atoms with Crippen molar-refractivity contribution >= 4 is 11.7 Å². The van der Waals surface area contributed by atoms with Gasteiger partial charge in [0.2, 0.25) is 0 Å². The number of morpholine rings is 1. The lowest BCUT2D eigenvalue weighted by molar-refractivity contribution is -0.0342. The molecule has 140 valence electrons. The standard InChI is InChI=1S/C21H22N2O4/c1-25-19-7-8-20(22-11-19)16-9-17-13-26-14-18(10-16)23(17)21(24)27-12-15-5-3-2-4-6-15/h2-9,11,17-18H,10,12-14H2,1H3. The second-order valence-corrected chi connectivity index (χ2v) is 6.69. The highest BCUT2D eigenvalue weighted by atomic mass is 16.6. The van der Waals surface area contributed by atoms with E-state index in [1.807, 2.05) is 42.5 Å². The molecule has 1 saturated heterocycles. The molecule has 1 aromatic heterocycles. The third-order valence-corrected chi connectivity index (χ3v) is 4.92. The van der Waals surface area contributed by atoms with Crippen LogP contribution < -0.4 is 4.74 Å². The van der Waals surface area contributed by atoms with E-state index < -0.39 is 0 Å². The van der Waals surface area contributed by atoms with E-state index in [0.717, 1.165) is 22.6 Å². The van der Waals surface area contributed by atoms with E-state index in [-0.39, 0.29) is 24.8 Å². The summed E-state index contributed by atoms with van der Waals surface area (Å²) in [6.45, 7) is 1.24. The van der Waals surface area contributed by atoms with Crippen LogP contribution in [0.1, 0.15) is 17.7 Å². The Balaban J connectivity index is 1.48. The minimum Gasteiger partial charge on any atom is -0.495 e. The number of hydrogen-bond donors (Lipinski definition) is 0. The van der Waals surface area contributed by atoms with E-state index in [9.17, 15) is 4.79 Å². The Kier molecular flexibility index (Phi) is 5.07. The minimum atomic E-state index is -0.296. The molecule has 0 saturated carbocycles. The molecule has 0 N–H and O–H groups in total. The van der Waals surface area contributed by atoms with Gasteiger partial charge in [-0.2, -0.15) is 0 Å². The molecule has 0 aliphatic carbocycles. The van der Waals surface area contributed by atoms with Gasteiger partial charge in [-0.15, -0.1) is 0 Å². The van der Waals surface area contributed by atoms with Crippen molar-refractivity contribution in [1.29, 1.82) is 0 Å². The van der Waals surface area contributed by atoms with E-state index in [2.05, 4.69) is 11.1 Å². The van der Waals surface area contributed by atoms with Crippen LogP contribution in [0, 0.1) is 0 Å². The maximum atomic E-state index is 12.7. The fourth-order valence-corrected chi connectivity index (χ4v) is 3.56. The zero-order valence-electron chi connectivity index (χ0n) is 15.2. The van der Waals surface area contributed by atoms with Crippen molar-refractivity contribution in [2.24, 2.45) is 0 Å². The van der Waals surface area contributed by atoms with Gasteiger partial charge in [0, 0.05) is 0 Å². The van der Waals surface area contributed by atoms with Gasteiger partial charge in [0.1, 0.15) is 12.4 Å². The molecular weight excluding hydrogens is 344 g/mol. The number of pyridine rings is 1. The molecule has 4 rings (SSSR count). The van der Waals surface area contributed by atoms with Gasteiger partial charge < -0.3 is 14.2 Å². The third kappa shape index (κ3) is 3.80. The molecule has 27 heavy (non-hydrogen) atoms. The number of methoxy groups -OCH3 is 1. The maximum Gasteiger partial charge on any atom is 0.411 e. The smallest absolute Gasteiger partial charge is 0.411 e. The average Bonchev–Trinajstić information content (AvgIpc) is 2.72. The van der Waals surface area contributed by atoms with Gasteiger partial charge in [0.15, 0.2) is 0 Å². The fourth-order valence-electron chi connectivity index (χ4n) is 3.56. The second-order valence-electron chi connectivity index (χ2n) is 6.69. The van der Waals surface area contributed by atoms with Crippen molar-refractivity contribution in [3.05, 3.63) is 66.0 Å². The summed E-state index contributed by atoms with van der Waals surface area (Å²) in [5.74, 6) is 0.727. The van der Waals surface area contributed by atoms with Crippen molar-refractivity contribution in [1.82, 2.24) is 9.88 Å². The summed E-state index contributed by atoms with van der Waals surface area (Å²) < 4.78 is 16.4. The lowest BCUT2D eigenvalue weighted by Gasteiger charge is -2.43. The van der Waals surface area contributed by atoms with Gasteiger partial charge in [0.25, 0.3) is 0 Å². The van der Waals surface area contributed by atoms with Crippen LogP contribution in [-0.4, -0.2) is 48.4 Å². The molecular formula is C21H22N2O4. The molecule has 6 nitrogen and oxygen atoms in total. The monoisotopic (exact) mass is 366 g/mol. The number of hydrogen-bond acceptors (Lipinski definition) is 5. The molecule has 2 unspecified atom stereocenters. The van der Waals surface area contributed by atoms with Gasteiger partial charge in [-0.05, 0) is 29.7 Å². The lowest BCUT2D eigenvalue weighted by Crippen LogP contribution is -2.56.